The van der Waals surface area contributed by atoms with Crippen molar-refractivity contribution in [3.05, 3.63) is 0 Å². The first kappa shape index (κ1) is 11.0. The van der Waals surface area contributed by atoms with Crippen LogP contribution in [0.15, 0.2) is 0 Å². The lowest BCUT2D eigenvalue weighted by atomic mass is 9.99. The lowest BCUT2D eigenvalue weighted by Crippen LogP contribution is -2.45. The minimum atomic E-state index is 0.197. The van der Waals surface area contributed by atoms with E-state index in [1.165, 1.54) is 0 Å². The van der Waals surface area contributed by atoms with Gasteiger partial charge >= 0.3 is 0 Å². The Hall–Kier alpha value is -0.120. The highest BCUT2D eigenvalue weighted by Crippen LogP contribution is 2.19. The second kappa shape index (κ2) is 4.94. The monoisotopic (exact) mass is 187 g/mol. The quantitative estimate of drug-likeness (QED) is 0.690. The van der Waals surface area contributed by atoms with Crippen molar-refractivity contribution in [2.75, 3.05) is 6.61 Å². The van der Waals surface area contributed by atoms with E-state index in [1.54, 1.807) is 0 Å². The Morgan fingerprint density at radius 2 is 1.92 bits per heavy atom. The van der Waals surface area contributed by atoms with Crippen molar-refractivity contribution in [2.24, 2.45) is 0 Å². The van der Waals surface area contributed by atoms with Crippen LogP contribution in [0.1, 0.15) is 33.6 Å². The van der Waals surface area contributed by atoms with Crippen molar-refractivity contribution < 1.29 is 9.84 Å². The van der Waals surface area contributed by atoms with Crippen LogP contribution in [-0.4, -0.2) is 36.0 Å². The standard InChI is InChI=1S/C10H21NO2/c1-7(6-12)11-10-4-8(2)13-9(3)5-10/h7-12H,4-6H2,1-3H3/t7-,8-,9-/m1/s1. The second-order valence-corrected chi connectivity index (χ2v) is 4.18. The van der Waals surface area contributed by atoms with Gasteiger partial charge in [0.05, 0.1) is 18.8 Å². The maximum absolute atomic E-state index is 8.90. The van der Waals surface area contributed by atoms with E-state index >= 15 is 0 Å². The highest BCUT2D eigenvalue weighted by Gasteiger charge is 2.24. The van der Waals surface area contributed by atoms with Crippen LogP contribution in [0.3, 0.4) is 0 Å². The molecule has 0 aliphatic carbocycles. The van der Waals surface area contributed by atoms with Crippen molar-refractivity contribution in [1.29, 1.82) is 0 Å². The van der Waals surface area contributed by atoms with Gasteiger partial charge in [0.2, 0.25) is 0 Å². The first-order valence-corrected chi connectivity index (χ1v) is 5.14. The number of ether oxygens (including phenoxy) is 1. The predicted octanol–water partition coefficient (Wildman–Crippen LogP) is 0.913. The normalized spacial score (nSPS) is 37.4. The van der Waals surface area contributed by atoms with Gasteiger partial charge in [-0.05, 0) is 33.6 Å². The van der Waals surface area contributed by atoms with Crippen molar-refractivity contribution >= 4 is 0 Å². The molecular weight excluding hydrogens is 166 g/mol. The van der Waals surface area contributed by atoms with Crippen molar-refractivity contribution in [2.45, 2.75) is 57.9 Å². The molecule has 1 rings (SSSR count). The Morgan fingerprint density at radius 3 is 2.38 bits per heavy atom. The van der Waals surface area contributed by atoms with Gasteiger partial charge in [0.1, 0.15) is 0 Å². The third-order valence-electron chi connectivity index (χ3n) is 2.49. The van der Waals surface area contributed by atoms with E-state index in [4.69, 9.17) is 9.84 Å². The van der Waals surface area contributed by atoms with Crippen LogP contribution in [0.2, 0.25) is 0 Å². The summed E-state index contributed by atoms with van der Waals surface area (Å²) in [7, 11) is 0. The molecule has 0 unspecified atom stereocenters. The molecule has 3 atom stereocenters. The fraction of sp³-hybridized carbons (Fsp3) is 1.00. The van der Waals surface area contributed by atoms with E-state index < -0.39 is 0 Å². The van der Waals surface area contributed by atoms with Gasteiger partial charge < -0.3 is 15.2 Å². The Labute approximate surface area is 80.5 Å². The molecule has 1 aliphatic heterocycles. The van der Waals surface area contributed by atoms with Crippen LogP contribution in [0.4, 0.5) is 0 Å². The summed E-state index contributed by atoms with van der Waals surface area (Å²) >= 11 is 0. The van der Waals surface area contributed by atoms with E-state index in [1.807, 2.05) is 6.92 Å². The Bertz CT molecular complexity index is 142. The number of aliphatic hydroxyl groups excluding tert-OH is 1. The smallest absolute Gasteiger partial charge is 0.0582 e. The minimum Gasteiger partial charge on any atom is -0.395 e. The summed E-state index contributed by atoms with van der Waals surface area (Å²) in [5.74, 6) is 0. The fourth-order valence-corrected chi connectivity index (χ4v) is 2.00. The van der Waals surface area contributed by atoms with E-state index in [0.717, 1.165) is 12.8 Å². The number of hydrogen-bond acceptors (Lipinski definition) is 3. The molecule has 1 aliphatic rings. The zero-order valence-corrected chi connectivity index (χ0v) is 8.79. The maximum Gasteiger partial charge on any atom is 0.0582 e. The molecule has 0 aromatic heterocycles. The van der Waals surface area contributed by atoms with Crippen LogP contribution >= 0.6 is 0 Å². The summed E-state index contributed by atoms with van der Waals surface area (Å²) < 4.78 is 5.63. The van der Waals surface area contributed by atoms with Gasteiger partial charge in [-0.3, -0.25) is 0 Å². The van der Waals surface area contributed by atoms with Gasteiger partial charge in [-0.2, -0.15) is 0 Å². The average Bonchev–Trinajstić information content (AvgIpc) is 2.02. The molecule has 0 saturated carbocycles. The van der Waals surface area contributed by atoms with Gasteiger partial charge in [-0.1, -0.05) is 0 Å². The first-order chi connectivity index (χ1) is 6.11. The van der Waals surface area contributed by atoms with Crippen molar-refractivity contribution in [1.82, 2.24) is 5.32 Å². The Balaban J connectivity index is 2.32. The molecule has 0 radical (unpaired) electrons. The zero-order valence-electron chi connectivity index (χ0n) is 8.79. The summed E-state index contributed by atoms with van der Waals surface area (Å²) in [6, 6.07) is 0.698. The second-order valence-electron chi connectivity index (χ2n) is 4.18. The molecule has 13 heavy (non-hydrogen) atoms. The Morgan fingerprint density at radius 1 is 1.38 bits per heavy atom. The maximum atomic E-state index is 8.90. The molecule has 0 aromatic rings. The highest BCUT2D eigenvalue weighted by atomic mass is 16.5. The highest BCUT2D eigenvalue weighted by molar-refractivity contribution is 4.80. The molecule has 2 N–H and O–H groups in total. The summed E-state index contributed by atoms with van der Waals surface area (Å²) in [4.78, 5) is 0. The molecule has 3 heteroatoms. The van der Waals surface area contributed by atoms with E-state index in [0.29, 0.717) is 18.2 Å². The average molecular weight is 187 g/mol. The molecule has 0 aromatic carbocycles. The number of rotatable bonds is 3. The molecule has 0 spiro atoms. The van der Waals surface area contributed by atoms with E-state index in [2.05, 4.69) is 19.2 Å². The van der Waals surface area contributed by atoms with Gasteiger partial charge in [0.15, 0.2) is 0 Å². The van der Waals surface area contributed by atoms with Crippen LogP contribution in [0.25, 0.3) is 0 Å². The summed E-state index contributed by atoms with van der Waals surface area (Å²) in [6.07, 6.45) is 2.78. The zero-order chi connectivity index (χ0) is 9.84. The lowest BCUT2D eigenvalue weighted by Gasteiger charge is -2.34. The topological polar surface area (TPSA) is 41.5 Å². The van der Waals surface area contributed by atoms with Crippen molar-refractivity contribution in [3.63, 3.8) is 0 Å². The molecular formula is C10H21NO2. The van der Waals surface area contributed by atoms with E-state index in [9.17, 15) is 0 Å². The van der Waals surface area contributed by atoms with Crippen molar-refractivity contribution in [3.8, 4) is 0 Å². The number of hydrogen-bond donors (Lipinski definition) is 2. The van der Waals surface area contributed by atoms with Crippen LogP contribution in [-0.2, 0) is 4.74 Å². The first-order valence-electron chi connectivity index (χ1n) is 5.14. The van der Waals surface area contributed by atoms with E-state index in [-0.39, 0.29) is 12.6 Å². The SMILES string of the molecule is C[C@H](CO)NC1C[C@@H](C)O[C@H](C)C1. The van der Waals surface area contributed by atoms with Gasteiger partial charge in [0.25, 0.3) is 0 Å². The van der Waals surface area contributed by atoms with Gasteiger partial charge in [-0.15, -0.1) is 0 Å². The van der Waals surface area contributed by atoms with Crippen LogP contribution in [0.5, 0.6) is 0 Å². The molecule has 78 valence electrons. The van der Waals surface area contributed by atoms with Gasteiger partial charge in [-0.25, -0.2) is 0 Å². The lowest BCUT2D eigenvalue weighted by molar-refractivity contribution is -0.0440. The summed E-state index contributed by atoms with van der Waals surface area (Å²) in [5.41, 5.74) is 0. The van der Waals surface area contributed by atoms with Gasteiger partial charge in [0, 0.05) is 12.1 Å². The number of nitrogens with one attached hydrogen (secondary N) is 1. The molecule has 1 fully saturated rings. The molecule has 0 amide bonds. The molecule has 3 nitrogen and oxygen atoms in total. The number of aliphatic hydroxyl groups is 1. The molecule has 1 saturated heterocycles. The molecule has 1 heterocycles. The summed E-state index contributed by atoms with van der Waals surface area (Å²) in [6.45, 7) is 6.42. The van der Waals surface area contributed by atoms with Crippen LogP contribution in [0, 0.1) is 0 Å². The fourth-order valence-electron chi connectivity index (χ4n) is 2.00. The largest absolute Gasteiger partial charge is 0.395 e. The Kier molecular flexibility index (Phi) is 4.16. The third-order valence-corrected chi connectivity index (χ3v) is 2.49. The summed E-state index contributed by atoms with van der Waals surface area (Å²) in [5, 5.41) is 12.3. The molecule has 0 bridgehead atoms. The predicted molar refractivity (Wildman–Crippen MR) is 52.7 cm³/mol. The minimum absolute atomic E-state index is 0.197. The third kappa shape index (κ3) is 3.63. The van der Waals surface area contributed by atoms with Crippen LogP contribution < -0.4 is 5.32 Å².